The summed E-state index contributed by atoms with van der Waals surface area (Å²) in [6, 6.07) is 17.0. The minimum absolute atomic E-state index is 0.0605. The summed E-state index contributed by atoms with van der Waals surface area (Å²) in [6.07, 6.45) is 5.19. The van der Waals surface area contributed by atoms with Gasteiger partial charge in [-0.15, -0.1) is 0 Å². The van der Waals surface area contributed by atoms with E-state index >= 15 is 0 Å². The molecule has 1 aliphatic rings. The van der Waals surface area contributed by atoms with Crippen molar-refractivity contribution in [3.8, 4) is 0 Å². The summed E-state index contributed by atoms with van der Waals surface area (Å²) >= 11 is 0. The van der Waals surface area contributed by atoms with E-state index in [0.29, 0.717) is 17.0 Å². The van der Waals surface area contributed by atoms with Crippen LogP contribution in [0.25, 0.3) is 0 Å². The van der Waals surface area contributed by atoms with E-state index in [1.165, 1.54) is 49.8 Å². The number of carbonyl (C=O) groups is 1. The number of hydrogen-bond donors (Lipinski definition) is 2. The summed E-state index contributed by atoms with van der Waals surface area (Å²) in [5.74, 6) is 0.226. The first-order valence-corrected chi connectivity index (χ1v) is 11.8. The molecule has 1 aromatic heterocycles. The highest BCUT2D eigenvalue weighted by molar-refractivity contribution is 7.89. The van der Waals surface area contributed by atoms with Crippen LogP contribution < -0.4 is 14.9 Å². The Labute approximate surface area is 182 Å². The number of rotatable bonds is 7. The molecule has 2 heterocycles. The van der Waals surface area contributed by atoms with Gasteiger partial charge in [-0.2, -0.15) is 0 Å². The summed E-state index contributed by atoms with van der Waals surface area (Å²) in [4.78, 5) is 15.0. The second-order valence-corrected chi connectivity index (χ2v) is 9.24. The Morgan fingerprint density at radius 3 is 2.29 bits per heavy atom. The third kappa shape index (κ3) is 5.34. The molecule has 2 N–H and O–H groups in total. The van der Waals surface area contributed by atoms with Crippen molar-refractivity contribution in [3.63, 3.8) is 0 Å². The van der Waals surface area contributed by atoms with Crippen LogP contribution in [0.5, 0.6) is 0 Å². The summed E-state index contributed by atoms with van der Waals surface area (Å²) in [7, 11) is -3.70. The zero-order valence-corrected chi connectivity index (χ0v) is 17.9. The third-order valence-corrected chi connectivity index (χ3v) is 6.71. The maximum atomic E-state index is 12.5. The van der Waals surface area contributed by atoms with Crippen molar-refractivity contribution in [2.45, 2.75) is 30.7 Å². The Kier molecular flexibility index (Phi) is 6.39. The molecule has 7 nitrogen and oxygen atoms in total. The van der Waals surface area contributed by atoms with Crippen LogP contribution in [0.4, 0.5) is 11.4 Å². The molecule has 2 aromatic carbocycles. The van der Waals surface area contributed by atoms with Gasteiger partial charge < -0.3 is 14.6 Å². The van der Waals surface area contributed by atoms with Gasteiger partial charge in [-0.05, 0) is 79.9 Å². The maximum absolute atomic E-state index is 12.5. The van der Waals surface area contributed by atoms with Crippen molar-refractivity contribution in [2.24, 2.45) is 0 Å². The molecule has 31 heavy (non-hydrogen) atoms. The van der Waals surface area contributed by atoms with Crippen molar-refractivity contribution in [1.29, 1.82) is 0 Å². The number of nitrogens with one attached hydrogen (secondary N) is 2. The molecular weight excluding hydrogens is 414 g/mol. The van der Waals surface area contributed by atoms with E-state index in [2.05, 4.69) is 14.9 Å². The van der Waals surface area contributed by atoms with Crippen LogP contribution in [0.3, 0.4) is 0 Å². The summed E-state index contributed by atoms with van der Waals surface area (Å²) < 4.78 is 32.4. The van der Waals surface area contributed by atoms with Crippen molar-refractivity contribution in [2.75, 3.05) is 23.3 Å². The van der Waals surface area contributed by atoms with Gasteiger partial charge in [-0.1, -0.05) is 0 Å². The topological polar surface area (TPSA) is 91.7 Å². The Hall–Kier alpha value is -3.10. The zero-order chi connectivity index (χ0) is 21.7. The van der Waals surface area contributed by atoms with Gasteiger partial charge in [0, 0.05) is 30.0 Å². The van der Waals surface area contributed by atoms with E-state index < -0.39 is 10.0 Å². The molecule has 1 amide bonds. The van der Waals surface area contributed by atoms with Crippen LogP contribution in [0.2, 0.25) is 0 Å². The first-order chi connectivity index (χ1) is 15.0. The maximum Gasteiger partial charge on any atom is 0.255 e. The molecule has 0 aliphatic carbocycles. The number of anilines is 2. The minimum Gasteiger partial charge on any atom is -0.468 e. The Morgan fingerprint density at radius 2 is 1.65 bits per heavy atom. The lowest BCUT2D eigenvalue weighted by atomic mass is 10.1. The quantitative estimate of drug-likeness (QED) is 0.581. The molecule has 0 bridgehead atoms. The largest absolute Gasteiger partial charge is 0.468 e. The van der Waals surface area contributed by atoms with Gasteiger partial charge in [0.2, 0.25) is 10.0 Å². The second-order valence-electron chi connectivity index (χ2n) is 7.48. The standard InChI is InChI=1S/C23H25N3O4S/c27-23(25-19-8-10-20(11-9-19)26-14-2-1-3-15-26)18-6-12-22(13-7-18)31(28,29)24-17-21-5-4-16-30-21/h4-13,16,24H,1-3,14-15,17H2,(H,25,27). The highest BCUT2D eigenvalue weighted by Gasteiger charge is 2.16. The molecule has 0 unspecified atom stereocenters. The zero-order valence-electron chi connectivity index (χ0n) is 17.1. The van der Waals surface area contributed by atoms with Crippen LogP contribution in [0.15, 0.2) is 76.2 Å². The van der Waals surface area contributed by atoms with E-state index in [-0.39, 0.29) is 17.3 Å². The molecule has 4 rings (SSSR count). The van der Waals surface area contributed by atoms with E-state index in [0.717, 1.165) is 18.8 Å². The molecule has 0 saturated carbocycles. The van der Waals surface area contributed by atoms with Crippen molar-refractivity contribution < 1.29 is 17.6 Å². The number of piperidine rings is 1. The first-order valence-electron chi connectivity index (χ1n) is 10.3. The average Bonchev–Trinajstić information content (AvgIpc) is 3.33. The van der Waals surface area contributed by atoms with E-state index in [1.54, 1.807) is 12.1 Å². The van der Waals surface area contributed by atoms with Crippen LogP contribution in [-0.4, -0.2) is 27.4 Å². The molecule has 8 heteroatoms. The molecular formula is C23H25N3O4S. The second kappa shape index (κ2) is 9.36. The number of benzene rings is 2. The number of furan rings is 1. The molecule has 1 saturated heterocycles. The minimum atomic E-state index is -3.70. The fourth-order valence-corrected chi connectivity index (χ4v) is 4.55. The van der Waals surface area contributed by atoms with Crippen LogP contribution in [-0.2, 0) is 16.6 Å². The van der Waals surface area contributed by atoms with Gasteiger partial charge >= 0.3 is 0 Å². The molecule has 3 aromatic rings. The highest BCUT2D eigenvalue weighted by atomic mass is 32.2. The lowest BCUT2D eigenvalue weighted by molar-refractivity contribution is 0.102. The average molecular weight is 440 g/mol. The summed E-state index contributed by atoms with van der Waals surface area (Å²) in [5.41, 5.74) is 2.24. The lowest BCUT2D eigenvalue weighted by Gasteiger charge is -2.28. The van der Waals surface area contributed by atoms with Gasteiger partial charge in [0.05, 0.1) is 17.7 Å². The third-order valence-electron chi connectivity index (χ3n) is 5.29. The van der Waals surface area contributed by atoms with E-state index in [4.69, 9.17) is 4.42 Å². The van der Waals surface area contributed by atoms with Gasteiger partial charge in [-0.25, -0.2) is 13.1 Å². The van der Waals surface area contributed by atoms with Crippen molar-refractivity contribution in [1.82, 2.24) is 4.72 Å². The number of hydrogen-bond acceptors (Lipinski definition) is 5. The molecule has 0 atom stereocenters. The van der Waals surface area contributed by atoms with Crippen molar-refractivity contribution in [3.05, 3.63) is 78.3 Å². The van der Waals surface area contributed by atoms with Crippen LogP contribution in [0, 0.1) is 0 Å². The normalized spacial score (nSPS) is 14.4. The lowest BCUT2D eigenvalue weighted by Crippen LogP contribution is -2.29. The van der Waals surface area contributed by atoms with Gasteiger partial charge in [0.1, 0.15) is 5.76 Å². The Morgan fingerprint density at radius 1 is 0.935 bits per heavy atom. The van der Waals surface area contributed by atoms with Crippen LogP contribution >= 0.6 is 0 Å². The van der Waals surface area contributed by atoms with Gasteiger partial charge in [0.25, 0.3) is 5.91 Å². The smallest absolute Gasteiger partial charge is 0.255 e. The molecule has 0 radical (unpaired) electrons. The molecule has 1 aliphatic heterocycles. The van der Waals surface area contributed by atoms with Crippen molar-refractivity contribution >= 4 is 27.3 Å². The van der Waals surface area contributed by atoms with Gasteiger partial charge in [-0.3, -0.25) is 4.79 Å². The Balaban J connectivity index is 1.36. The summed E-state index contributed by atoms with van der Waals surface area (Å²) in [6.45, 7) is 2.19. The monoisotopic (exact) mass is 439 g/mol. The predicted octanol–water partition coefficient (Wildman–Crippen LogP) is 4.00. The highest BCUT2D eigenvalue weighted by Crippen LogP contribution is 2.22. The van der Waals surface area contributed by atoms with E-state index in [1.807, 2.05) is 24.3 Å². The fourth-order valence-electron chi connectivity index (χ4n) is 3.56. The number of amides is 1. The van der Waals surface area contributed by atoms with Crippen LogP contribution in [0.1, 0.15) is 35.4 Å². The number of carbonyl (C=O) groups excluding carboxylic acids is 1. The predicted molar refractivity (Wildman–Crippen MR) is 120 cm³/mol. The fraction of sp³-hybridized carbons (Fsp3) is 0.261. The van der Waals surface area contributed by atoms with E-state index in [9.17, 15) is 13.2 Å². The number of nitrogens with zero attached hydrogens (tertiary/aromatic N) is 1. The molecule has 0 spiro atoms. The SMILES string of the molecule is O=C(Nc1ccc(N2CCCCC2)cc1)c1ccc(S(=O)(=O)NCc2ccco2)cc1. The van der Waals surface area contributed by atoms with Gasteiger partial charge in [0.15, 0.2) is 0 Å². The summed E-state index contributed by atoms with van der Waals surface area (Å²) in [5, 5.41) is 2.86. The molecule has 162 valence electrons. The first kappa shape index (κ1) is 21.1. The number of sulfonamides is 1. The Bertz CT molecular complexity index is 1100. The molecule has 1 fully saturated rings.